The summed E-state index contributed by atoms with van der Waals surface area (Å²) in [5.74, 6) is 2.02. The van der Waals surface area contributed by atoms with Gasteiger partial charge in [0.15, 0.2) is 5.82 Å². The Morgan fingerprint density at radius 2 is 2.10 bits per heavy atom. The monoisotopic (exact) mass is 278 g/mol. The van der Waals surface area contributed by atoms with E-state index in [4.69, 9.17) is 0 Å². The molecule has 1 aliphatic heterocycles. The average molecular weight is 278 g/mol. The van der Waals surface area contributed by atoms with Crippen molar-refractivity contribution in [2.75, 3.05) is 31.1 Å². The zero-order valence-corrected chi connectivity index (χ0v) is 12.8. The number of nitrogens with zero attached hydrogens (tertiary/aromatic N) is 3. The normalized spacial score (nSPS) is 16.9. The first-order valence-corrected chi connectivity index (χ1v) is 7.55. The molecule has 0 amide bonds. The quantitative estimate of drug-likeness (QED) is 0.880. The molecular weight excluding hydrogens is 252 g/mol. The van der Waals surface area contributed by atoms with Crippen LogP contribution in [0.4, 0.5) is 5.82 Å². The van der Waals surface area contributed by atoms with Gasteiger partial charge in [0.05, 0.1) is 0 Å². The summed E-state index contributed by atoms with van der Waals surface area (Å²) in [6.45, 7) is 8.49. The first-order valence-electron chi connectivity index (χ1n) is 7.55. The Kier molecular flexibility index (Phi) is 5.17. The Hall–Kier alpha value is -1.36. The average Bonchev–Trinajstić information content (AvgIpc) is 2.42. The number of rotatable bonds is 5. The van der Waals surface area contributed by atoms with E-state index in [1.165, 1.54) is 0 Å². The van der Waals surface area contributed by atoms with E-state index in [0.29, 0.717) is 11.7 Å². The lowest BCUT2D eigenvalue weighted by molar-refractivity contribution is 0.372. The largest absolute Gasteiger partial charge is 0.352 e. The number of aromatic nitrogens is 2. The van der Waals surface area contributed by atoms with Crippen LogP contribution in [0.5, 0.6) is 0 Å². The number of hydrogen-bond donors (Lipinski definition) is 1. The zero-order chi connectivity index (χ0) is 14.5. The third kappa shape index (κ3) is 3.82. The smallest absolute Gasteiger partial charge is 0.293 e. The van der Waals surface area contributed by atoms with E-state index < -0.39 is 0 Å². The molecule has 0 spiro atoms. The third-order valence-electron chi connectivity index (χ3n) is 3.90. The molecule has 0 aliphatic carbocycles. The van der Waals surface area contributed by atoms with Crippen LogP contribution in [0.3, 0.4) is 0 Å². The lowest BCUT2D eigenvalue weighted by Crippen LogP contribution is -2.41. The summed E-state index contributed by atoms with van der Waals surface area (Å²) in [5.41, 5.74) is 0.00360. The second kappa shape index (κ2) is 6.88. The van der Waals surface area contributed by atoms with Crippen molar-refractivity contribution in [3.63, 3.8) is 0 Å². The minimum atomic E-state index is 0.00360. The van der Waals surface area contributed by atoms with E-state index in [0.717, 1.165) is 44.9 Å². The van der Waals surface area contributed by atoms with Crippen LogP contribution in [0.2, 0.25) is 0 Å². The van der Waals surface area contributed by atoms with Gasteiger partial charge in [-0.25, -0.2) is 4.98 Å². The van der Waals surface area contributed by atoms with Crippen molar-refractivity contribution in [3.05, 3.63) is 22.7 Å². The summed E-state index contributed by atoms with van der Waals surface area (Å²) in [5, 5.41) is 3.53. The summed E-state index contributed by atoms with van der Waals surface area (Å²) in [6.07, 6.45) is 5.66. The molecular formula is C15H26N4O. The molecule has 112 valence electrons. The van der Waals surface area contributed by atoms with Gasteiger partial charge >= 0.3 is 0 Å². The van der Waals surface area contributed by atoms with Crippen molar-refractivity contribution in [2.24, 2.45) is 18.9 Å². The van der Waals surface area contributed by atoms with Gasteiger partial charge in [0.1, 0.15) is 0 Å². The number of nitrogens with one attached hydrogen (secondary N) is 1. The van der Waals surface area contributed by atoms with Crippen molar-refractivity contribution in [1.82, 2.24) is 14.9 Å². The fraction of sp³-hybridized carbons (Fsp3) is 0.733. The minimum Gasteiger partial charge on any atom is -0.352 e. The van der Waals surface area contributed by atoms with Crippen molar-refractivity contribution >= 4 is 5.82 Å². The van der Waals surface area contributed by atoms with Gasteiger partial charge in [0.2, 0.25) is 0 Å². The Morgan fingerprint density at radius 1 is 1.40 bits per heavy atom. The fourth-order valence-corrected chi connectivity index (χ4v) is 2.63. The maximum absolute atomic E-state index is 12.0. The van der Waals surface area contributed by atoms with E-state index in [1.807, 2.05) is 0 Å². The Bertz CT molecular complexity index is 475. The Morgan fingerprint density at radius 3 is 2.75 bits per heavy atom. The predicted molar refractivity (Wildman–Crippen MR) is 82.1 cm³/mol. The molecule has 20 heavy (non-hydrogen) atoms. The highest BCUT2D eigenvalue weighted by Gasteiger charge is 2.21. The maximum atomic E-state index is 12.0. The van der Waals surface area contributed by atoms with Gasteiger partial charge < -0.3 is 14.8 Å². The lowest BCUT2D eigenvalue weighted by atomic mass is 9.96. The van der Waals surface area contributed by atoms with Gasteiger partial charge in [-0.3, -0.25) is 4.79 Å². The maximum Gasteiger partial charge on any atom is 0.293 e. The van der Waals surface area contributed by atoms with E-state index in [9.17, 15) is 4.79 Å². The molecule has 0 radical (unpaired) electrons. The highest BCUT2D eigenvalue weighted by atomic mass is 16.1. The molecule has 0 atom stereocenters. The standard InChI is InChI=1S/C15H26N4O/c1-12(2)10-16-11-13-4-7-19(8-5-13)14-15(20)18(3)9-6-17-14/h6,9,12-13,16H,4-5,7-8,10-11H2,1-3H3. The fourth-order valence-electron chi connectivity index (χ4n) is 2.63. The molecule has 0 saturated carbocycles. The molecule has 1 N–H and O–H groups in total. The van der Waals surface area contributed by atoms with Gasteiger partial charge in [0, 0.05) is 32.5 Å². The van der Waals surface area contributed by atoms with Gasteiger partial charge in [-0.05, 0) is 37.8 Å². The number of aryl methyl sites for hydroxylation is 1. The number of anilines is 1. The highest BCUT2D eigenvalue weighted by molar-refractivity contribution is 5.35. The summed E-state index contributed by atoms with van der Waals surface area (Å²) in [4.78, 5) is 18.4. The second-order valence-corrected chi connectivity index (χ2v) is 6.15. The summed E-state index contributed by atoms with van der Waals surface area (Å²) in [6, 6.07) is 0. The van der Waals surface area contributed by atoms with Crippen LogP contribution < -0.4 is 15.8 Å². The number of piperidine rings is 1. The lowest BCUT2D eigenvalue weighted by Gasteiger charge is -2.32. The number of hydrogen-bond acceptors (Lipinski definition) is 4. The predicted octanol–water partition coefficient (Wildman–Crippen LogP) is 1.24. The zero-order valence-electron chi connectivity index (χ0n) is 12.8. The highest BCUT2D eigenvalue weighted by Crippen LogP contribution is 2.19. The van der Waals surface area contributed by atoms with Crippen molar-refractivity contribution in [2.45, 2.75) is 26.7 Å². The van der Waals surface area contributed by atoms with Crippen LogP contribution in [0.25, 0.3) is 0 Å². The van der Waals surface area contributed by atoms with E-state index >= 15 is 0 Å². The van der Waals surface area contributed by atoms with E-state index in [2.05, 4.69) is 29.0 Å². The second-order valence-electron chi connectivity index (χ2n) is 6.15. The first-order chi connectivity index (χ1) is 9.58. The molecule has 0 aromatic carbocycles. The molecule has 1 aromatic heterocycles. The van der Waals surface area contributed by atoms with Crippen molar-refractivity contribution in [3.8, 4) is 0 Å². The molecule has 0 bridgehead atoms. The van der Waals surface area contributed by atoms with E-state index in [-0.39, 0.29) is 5.56 Å². The molecule has 2 heterocycles. The van der Waals surface area contributed by atoms with Crippen molar-refractivity contribution in [1.29, 1.82) is 0 Å². The SMILES string of the molecule is CC(C)CNCC1CCN(c2nccn(C)c2=O)CC1. The summed E-state index contributed by atoms with van der Waals surface area (Å²) in [7, 11) is 1.77. The molecule has 2 rings (SSSR count). The molecule has 0 unspecified atom stereocenters. The topological polar surface area (TPSA) is 50.2 Å². The minimum absolute atomic E-state index is 0.00360. The summed E-state index contributed by atoms with van der Waals surface area (Å²) < 4.78 is 1.60. The molecule has 1 fully saturated rings. The van der Waals surface area contributed by atoms with Gasteiger partial charge in [-0.2, -0.15) is 0 Å². The van der Waals surface area contributed by atoms with Crippen molar-refractivity contribution < 1.29 is 0 Å². The van der Waals surface area contributed by atoms with Gasteiger partial charge in [-0.1, -0.05) is 13.8 Å². The third-order valence-corrected chi connectivity index (χ3v) is 3.90. The van der Waals surface area contributed by atoms with Crippen LogP contribution in [-0.4, -0.2) is 35.7 Å². The molecule has 5 nitrogen and oxygen atoms in total. The summed E-state index contributed by atoms with van der Waals surface area (Å²) >= 11 is 0. The Balaban J connectivity index is 1.85. The Labute approximate surface area is 121 Å². The van der Waals surface area contributed by atoms with Crippen LogP contribution in [0.1, 0.15) is 26.7 Å². The van der Waals surface area contributed by atoms with Crippen LogP contribution in [0.15, 0.2) is 17.2 Å². The molecule has 1 aliphatic rings. The van der Waals surface area contributed by atoms with Crippen LogP contribution >= 0.6 is 0 Å². The van der Waals surface area contributed by atoms with Gasteiger partial charge in [-0.15, -0.1) is 0 Å². The van der Waals surface area contributed by atoms with Gasteiger partial charge in [0.25, 0.3) is 5.56 Å². The molecule has 1 aromatic rings. The molecule has 1 saturated heterocycles. The van der Waals surface area contributed by atoms with E-state index in [1.54, 1.807) is 24.0 Å². The van der Waals surface area contributed by atoms with Crippen LogP contribution in [0, 0.1) is 11.8 Å². The molecule has 5 heteroatoms. The first kappa shape index (κ1) is 15.0. The van der Waals surface area contributed by atoms with Crippen LogP contribution in [-0.2, 0) is 7.05 Å².